The summed E-state index contributed by atoms with van der Waals surface area (Å²) in [7, 11) is 0. The van der Waals surface area contributed by atoms with Crippen LogP contribution in [-0.2, 0) is 16.1 Å². The first-order chi connectivity index (χ1) is 14.2. The van der Waals surface area contributed by atoms with Crippen LogP contribution in [0.25, 0.3) is 0 Å². The van der Waals surface area contributed by atoms with Crippen molar-refractivity contribution in [1.29, 1.82) is 0 Å². The molecular weight excluding hydrogens is 392 g/mol. The highest BCUT2D eigenvalue weighted by atomic mass is 35.5. The van der Waals surface area contributed by atoms with Crippen LogP contribution >= 0.6 is 11.6 Å². The molecule has 1 saturated heterocycles. The van der Waals surface area contributed by atoms with Gasteiger partial charge in [-0.3, -0.25) is 9.69 Å². The molecule has 29 heavy (non-hydrogen) atoms. The molecule has 2 aliphatic heterocycles. The zero-order chi connectivity index (χ0) is 20.1. The van der Waals surface area contributed by atoms with Crippen LogP contribution in [0, 0.1) is 5.92 Å². The van der Waals surface area contributed by atoms with Crippen molar-refractivity contribution in [1.82, 2.24) is 4.90 Å². The van der Waals surface area contributed by atoms with Gasteiger partial charge in [-0.2, -0.15) is 0 Å². The largest absolute Gasteiger partial charge is 0.454 e. The number of ether oxygens (including phenoxy) is 3. The summed E-state index contributed by atoms with van der Waals surface area (Å²) in [6.45, 7) is 3.79. The second kappa shape index (κ2) is 9.48. The van der Waals surface area contributed by atoms with E-state index in [0.717, 1.165) is 48.8 Å². The van der Waals surface area contributed by atoms with Gasteiger partial charge in [0.2, 0.25) is 12.7 Å². The maximum atomic E-state index is 12.4. The number of amides is 1. The number of piperidine rings is 1. The molecule has 0 atom stereocenters. The third kappa shape index (κ3) is 5.63. The number of benzene rings is 2. The summed E-state index contributed by atoms with van der Waals surface area (Å²) >= 11 is 5.90. The molecule has 0 unspecified atom stereocenters. The Morgan fingerprint density at radius 3 is 2.66 bits per heavy atom. The van der Waals surface area contributed by atoms with Crippen LogP contribution < -0.4 is 14.8 Å². The van der Waals surface area contributed by atoms with Crippen molar-refractivity contribution in [2.75, 3.05) is 38.4 Å². The van der Waals surface area contributed by atoms with Crippen LogP contribution in [0.1, 0.15) is 18.4 Å². The van der Waals surface area contributed by atoms with E-state index in [9.17, 15) is 4.79 Å². The second-order valence-corrected chi connectivity index (χ2v) is 7.91. The van der Waals surface area contributed by atoms with E-state index in [1.807, 2.05) is 36.4 Å². The lowest BCUT2D eigenvalue weighted by molar-refractivity contribution is -0.117. The molecule has 7 heteroatoms. The Morgan fingerprint density at radius 2 is 1.86 bits per heavy atom. The van der Waals surface area contributed by atoms with E-state index in [2.05, 4.69) is 10.2 Å². The average Bonchev–Trinajstić information content (AvgIpc) is 3.19. The van der Waals surface area contributed by atoms with Gasteiger partial charge < -0.3 is 19.5 Å². The van der Waals surface area contributed by atoms with Gasteiger partial charge in [0.15, 0.2) is 11.5 Å². The number of likely N-dealkylation sites (tertiary alicyclic amines) is 1. The van der Waals surface area contributed by atoms with Crippen molar-refractivity contribution in [3.05, 3.63) is 53.1 Å². The molecule has 0 radical (unpaired) electrons. The van der Waals surface area contributed by atoms with Crippen molar-refractivity contribution in [2.45, 2.75) is 19.4 Å². The fourth-order valence-electron chi connectivity index (χ4n) is 3.61. The number of carbonyl (C=O) groups excluding carboxylic acids is 1. The van der Waals surface area contributed by atoms with Crippen LogP contribution in [0.15, 0.2) is 42.5 Å². The van der Waals surface area contributed by atoms with Crippen molar-refractivity contribution >= 4 is 23.2 Å². The third-order valence-electron chi connectivity index (χ3n) is 5.27. The monoisotopic (exact) mass is 416 g/mol. The maximum absolute atomic E-state index is 12.4. The number of fused-ring (bicyclic) bond motifs is 1. The first kappa shape index (κ1) is 20.0. The van der Waals surface area contributed by atoms with E-state index in [-0.39, 0.29) is 12.7 Å². The minimum atomic E-state index is -0.0127. The normalized spacial score (nSPS) is 16.7. The Balaban J connectivity index is 1.15. The van der Waals surface area contributed by atoms with Gasteiger partial charge in [-0.05, 0) is 61.7 Å². The summed E-state index contributed by atoms with van der Waals surface area (Å²) in [5.74, 6) is 1.90. The number of nitrogens with one attached hydrogen (secondary N) is 1. The number of nitrogens with zero attached hydrogens (tertiary/aromatic N) is 1. The summed E-state index contributed by atoms with van der Waals surface area (Å²) in [5, 5.41) is 3.68. The summed E-state index contributed by atoms with van der Waals surface area (Å²) in [4.78, 5) is 14.5. The molecule has 1 fully saturated rings. The van der Waals surface area contributed by atoms with Crippen LogP contribution in [-0.4, -0.2) is 43.8 Å². The molecule has 1 N–H and O–H groups in total. The Bertz CT molecular complexity index is 835. The van der Waals surface area contributed by atoms with E-state index < -0.39 is 0 Å². The molecule has 6 nitrogen and oxygen atoms in total. The van der Waals surface area contributed by atoms with Crippen LogP contribution in [0.2, 0.25) is 5.02 Å². The zero-order valence-electron chi connectivity index (χ0n) is 16.2. The Kier molecular flexibility index (Phi) is 6.54. The highest BCUT2D eigenvalue weighted by Crippen LogP contribution is 2.34. The van der Waals surface area contributed by atoms with E-state index >= 15 is 0 Å². The summed E-state index contributed by atoms with van der Waals surface area (Å²) < 4.78 is 16.5. The molecule has 2 aromatic rings. The van der Waals surface area contributed by atoms with E-state index in [0.29, 0.717) is 30.6 Å². The molecule has 0 bridgehead atoms. The summed E-state index contributed by atoms with van der Waals surface area (Å²) in [6.07, 6.45) is 2.08. The molecule has 2 aromatic carbocycles. The predicted molar refractivity (Wildman–Crippen MR) is 111 cm³/mol. The molecule has 0 spiro atoms. The van der Waals surface area contributed by atoms with Gasteiger partial charge in [0.05, 0.1) is 13.2 Å². The molecule has 154 valence electrons. The number of hydrogen-bond acceptors (Lipinski definition) is 5. The number of anilines is 1. The Morgan fingerprint density at radius 1 is 1.10 bits per heavy atom. The lowest BCUT2D eigenvalue weighted by Gasteiger charge is -2.31. The SMILES string of the molecule is O=C(CN1CCC(COCc2ccc(Cl)cc2)CC1)Nc1ccc2c(c1)OCO2. The van der Waals surface area contributed by atoms with Gasteiger partial charge in [-0.15, -0.1) is 0 Å². The van der Waals surface area contributed by atoms with Gasteiger partial charge in [0.25, 0.3) is 0 Å². The van der Waals surface area contributed by atoms with Gasteiger partial charge >= 0.3 is 0 Å². The molecule has 2 heterocycles. The van der Waals surface area contributed by atoms with Crippen LogP contribution in [0.5, 0.6) is 11.5 Å². The van der Waals surface area contributed by atoms with Crippen molar-refractivity contribution < 1.29 is 19.0 Å². The van der Waals surface area contributed by atoms with Crippen molar-refractivity contribution in [3.8, 4) is 11.5 Å². The number of rotatable bonds is 7. The highest BCUT2D eigenvalue weighted by Gasteiger charge is 2.21. The Hall–Kier alpha value is -2.28. The molecule has 0 aromatic heterocycles. The fraction of sp³-hybridized carbons (Fsp3) is 0.409. The minimum Gasteiger partial charge on any atom is -0.454 e. The van der Waals surface area contributed by atoms with E-state index in [1.165, 1.54) is 0 Å². The molecule has 0 saturated carbocycles. The lowest BCUT2D eigenvalue weighted by atomic mass is 9.98. The molecular formula is C22H25ClN2O4. The smallest absolute Gasteiger partial charge is 0.238 e. The van der Waals surface area contributed by atoms with Crippen molar-refractivity contribution in [2.24, 2.45) is 5.92 Å². The molecule has 4 rings (SSSR count). The van der Waals surface area contributed by atoms with Crippen LogP contribution in [0.4, 0.5) is 5.69 Å². The van der Waals surface area contributed by atoms with E-state index in [4.69, 9.17) is 25.8 Å². The fourth-order valence-corrected chi connectivity index (χ4v) is 3.74. The third-order valence-corrected chi connectivity index (χ3v) is 5.52. The highest BCUT2D eigenvalue weighted by molar-refractivity contribution is 6.30. The van der Waals surface area contributed by atoms with Gasteiger partial charge in [0, 0.05) is 23.4 Å². The first-order valence-corrected chi connectivity index (χ1v) is 10.3. The van der Waals surface area contributed by atoms with Gasteiger partial charge in [-0.25, -0.2) is 0 Å². The minimum absolute atomic E-state index is 0.0127. The van der Waals surface area contributed by atoms with Gasteiger partial charge in [0.1, 0.15) is 0 Å². The van der Waals surface area contributed by atoms with Crippen molar-refractivity contribution in [3.63, 3.8) is 0 Å². The molecule has 2 aliphatic rings. The summed E-state index contributed by atoms with van der Waals surface area (Å²) in [6, 6.07) is 13.2. The maximum Gasteiger partial charge on any atom is 0.238 e. The quantitative estimate of drug-likeness (QED) is 0.740. The zero-order valence-corrected chi connectivity index (χ0v) is 17.0. The lowest BCUT2D eigenvalue weighted by Crippen LogP contribution is -2.40. The molecule has 0 aliphatic carbocycles. The second-order valence-electron chi connectivity index (χ2n) is 7.48. The number of hydrogen-bond donors (Lipinski definition) is 1. The number of carbonyl (C=O) groups is 1. The Labute approximate surface area is 175 Å². The van der Waals surface area contributed by atoms with E-state index in [1.54, 1.807) is 6.07 Å². The van der Waals surface area contributed by atoms with Gasteiger partial charge in [-0.1, -0.05) is 23.7 Å². The topological polar surface area (TPSA) is 60.0 Å². The first-order valence-electron chi connectivity index (χ1n) is 9.90. The van der Waals surface area contributed by atoms with Crippen LogP contribution in [0.3, 0.4) is 0 Å². The standard InChI is InChI=1S/C22H25ClN2O4/c23-18-3-1-16(2-4-18)13-27-14-17-7-9-25(10-8-17)12-22(26)24-19-5-6-20-21(11-19)29-15-28-20/h1-6,11,17H,7-10,12-15H2,(H,24,26). The number of halogens is 1. The average molecular weight is 417 g/mol. The summed E-state index contributed by atoms with van der Waals surface area (Å²) in [5.41, 5.74) is 1.86. The predicted octanol–water partition coefficient (Wildman–Crippen LogP) is 3.94. The molecule has 1 amide bonds.